The molecule has 198 valence electrons. The second-order valence-corrected chi connectivity index (χ2v) is 8.37. The van der Waals surface area contributed by atoms with Crippen molar-refractivity contribution in [2.24, 2.45) is 5.92 Å². The summed E-state index contributed by atoms with van der Waals surface area (Å²) in [4.78, 5) is 24.4. The van der Waals surface area contributed by atoms with Crippen molar-refractivity contribution in [2.75, 3.05) is 13.2 Å². The van der Waals surface area contributed by atoms with E-state index in [2.05, 4.69) is 0 Å². The highest BCUT2D eigenvalue weighted by atomic mass is 16.8. The molecule has 0 saturated carbocycles. The monoisotopic (exact) mass is 510 g/mol. The molecule has 6 N–H and O–H groups in total. The lowest BCUT2D eigenvalue weighted by molar-refractivity contribution is -0.327. The first-order chi connectivity index (χ1) is 17.2. The van der Waals surface area contributed by atoms with Crippen molar-refractivity contribution in [1.29, 1.82) is 0 Å². The minimum absolute atomic E-state index is 0.00754. The third-order valence-electron chi connectivity index (χ3n) is 5.99. The van der Waals surface area contributed by atoms with E-state index >= 15 is 0 Å². The molecule has 36 heavy (non-hydrogen) atoms. The first-order valence-electron chi connectivity index (χ1n) is 11.3. The van der Waals surface area contributed by atoms with Gasteiger partial charge in [0.15, 0.2) is 6.29 Å². The Bertz CT molecular complexity index is 987. The Balaban J connectivity index is 1.69. The van der Waals surface area contributed by atoms with Crippen molar-refractivity contribution in [3.63, 3.8) is 0 Å². The molecule has 2 aliphatic rings. The third-order valence-corrected chi connectivity index (χ3v) is 5.99. The number of aliphatic carboxylic acids is 1. The predicted octanol–water partition coefficient (Wildman–Crippen LogP) is -0.428. The highest BCUT2D eigenvalue weighted by Gasteiger charge is 2.46. The van der Waals surface area contributed by atoms with Crippen LogP contribution in [-0.2, 0) is 35.0 Å². The largest absolute Gasteiger partial charge is 0.508 e. The second kappa shape index (κ2) is 12.3. The number of rotatable bonds is 9. The number of phenols is 1. The number of aliphatic hydroxyl groups excluding tert-OH is 4. The van der Waals surface area contributed by atoms with Crippen LogP contribution < -0.4 is 0 Å². The number of carboxylic acids is 1. The number of carbonyl (C=O) groups excluding carboxylic acids is 1. The first-order valence-corrected chi connectivity index (χ1v) is 11.3. The lowest BCUT2D eigenvalue weighted by Crippen LogP contribution is -2.60. The van der Waals surface area contributed by atoms with E-state index in [1.807, 2.05) is 0 Å². The minimum Gasteiger partial charge on any atom is -0.508 e. The maximum atomic E-state index is 12.6. The number of hydrogen-bond acceptors (Lipinski definition) is 11. The summed E-state index contributed by atoms with van der Waals surface area (Å²) in [7, 11) is 0. The second-order valence-electron chi connectivity index (χ2n) is 8.37. The number of ether oxygens (including phenoxy) is 4. The van der Waals surface area contributed by atoms with Crippen molar-refractivity contribution < 1.29 is 59.2 Å². The minimum atomic E-state index is -1.70. The third kappa shape index (κ3) is 6.40. The average molecular weight is 510 g/mol. The van der Waals surface area contributed by atoms with Gasteiger partial charge in [0.1, 0.15) is 30.2 Å². The first kappa shape index (κ1) is 27.6. The molecule has 1 fully saturated rings. The fraction of sp³-hybridized carbons (Fsp3) is 0.500. The van der Waals surface area contributed by atoms with Gasteiger partial charge in [-0.25, -0.2) is 4.79 Å². The smallest absolute Gasteiger partial charge is 0.335 e. The molecule has 0 amide bonds. The van der Waals surface area contributed by atoms with Crippen LogP contribution in [0.5, 0.6) is 5.75 Å². The van der Waals surface area contributed by atoms with Crippen LogP contribution in [-0.4, -0.2) is 92.8 Å². The van der Waals surface area contributed by atoms with E-state index in [1.165, 1.54) is 18.2 Å². The van der Waals surface area contributed by atoms with Gasteiger partial charge in [-0.2, -0.15) is 0 Å². The van der Waals surface area contributed by atoms with Crippen LogP contribution in [0.1, 0.15) is 18.9 Å². The Kier molecular flexibility index (Phi) is 9.43. The van der Waals surface area contributed by atoms with Gasteiger partial charge in [0.05, 0.1) is 31.5 Å². The lowest BCUT2D eigenvalue weighted by Gasteiger charge is -2.41. The lowest BCUT2D eigenvalue weighted by atomic mass is 9.86. The van der Waals surface area contributed by atoms with Gasteiger partial charge in [-0.15, -0.1) is 0 Å². The predicted molar refractivity (Wildman–Crippen MR) is 120 cm³/mol. The molecule has 3 rings (SSSR count). The zero-order chi connectivity index (χ0) is 26.4. The molecule has 7 atom stereocenters. The molecule has 1 aromatic rings. The fourth-order valence-corrected chi connectivity index (χ4v) is 4.04. The quantitative estimate of drug-likeness (QED) is 0.186. The van der Waals surface area contributed by atoms with Gasteiger partial charge in [0.2, 0.25) is 6.29 Å². The zero-order valence-corrected chi connectivity index (χ0v) is 19.5. The zero-order valence-electron chi connectivity index (χ0n) is 19.5. The van der Waals surface area contributed by atoms with E-state index in [0.717, 1.165) is 11.8 Å². The van der Waals surface area contributed by atoms with E-state index in [0.29, 0.717) is 6.42 Å². The number of phenolic OH excluding ortho intramolecular Hbond substituents is 1. The van der Waals surface area contributed by atoms with Crippen molar-refractivity contribution in [3.8, 4) is 5.75 Å². The number of aromatic hydroxyl groups is 1. The fourth-order valence-electron chi connectivity index (χ4n) is 4.04. The van der Waals surface area contributed by atoms with Gasteiger partial charge in [0.25, 0.3) is 0 Å². The van der Waals surface area contributed by atoms with Crippen LogP contribution >= 0.6 is 0 Å². The van der Waals surface area contributed by atoms with Gasteiger partial charge < -0.3 is 49.6 Å². The summed E-state index contributed by atoms with van der Waals surface area (Å²) in [5, 5.41) is 58.7. The topological polar surface area (TPSA) is 192 Å². The SMILES string of the molecule is C/C=C1/[C@H](O[C@@H]2O[C@H](CO)[C@@H](O)[C@H](O)[C@H]2O)OC=C(C(=O)O)[C@H]1CC(=O)OCCc1cccc(O)c1. The molecule has 12 heteroatoms. The summed E-state index contributed by atoms with van der Waals surface area (Å²) in [5.41, 5.74) is 0.764. The number of carbonyl (C=O) groups is 2. The molecule has 1 saturated heterocycles. The van der Waals surface area contributed by atoms with Gasteiger partial charge in [-0.1, -0.05) is 18.2 Å². The Morgan fingerprint density at radius 2 is 1.89 bits per heavy atom. The molecule has 0 unspecified atom stereocenters. The van der Waals surface area contributed by atoms with Gasteiger partial charge in [-0.05, 0) is 24.6 Å². The van der Waals surface area contributed by atoms with Crippen LogP contribution in [0.3, 0.4) is 0 Å². The molecule has 0 aliphatic carbocycles. The molecule has 0 radical (unpaired) electrons. The van der Waals surface area contributed by atoms with E-state index in [4.69, 9.17) is 18.9 Å². The normalized spacial score (nSPS) is 31.4. The molecule has 2 aliphatic heterocycles. The number of esters is 1. The number of carboxylic acid groups (broad SMARTS) is 1. The highest BCUT2D eigenvalue weighted by Crippen LogP contribution is 2.35. The van der Waals surface area contributed by atoms with Gasteiger partial charge in [0, 0.05) is 17.9 Å². The number of allylic oxidation sites excluding steroid dienone is 1. The number of benzene rings is 1. The highest BCUT2D eigenvalue weighted by molar-refractivity contribution is 5.89. The summed E-state index contributed by atoms with van der Waals surface area (Å²) in [6.45, 7) is 0.924. The van der Waals surface area contributed by atoms with Crippen molar-refractivity contribution in [2.45, 2.75) is 56.8 Å². The molecule has 0 aromatic heterocycles. The van der Waals surface area contributed by atoms with Crippen LogP contribution in [0.15, 0.2) is 47.7 Å². The molecule has 0 spiro atoms. The molecule has 1 aromatic carbocycles. The summed E-state index contributed by atoms with van der Waals surface area (Å²) in [5.74, 6) is -2.91. The number of hydrogen-bond donors (Lipinski definition) is 6. The molecular formula is C24H30O12. The summed E-state index contributed by atoms with van der Waals surface area (Å²) >= 11 is 0. The Morgan fingerprint density at radius 1 is 1.14 bits per heavy atom. The summed E-state index contributed by atoms with van der Waals surface area (Å²) in [6.07, 6.45) is -6.60. The van der Waals surface area contributed by atoms with Crippen molar-refractivity contribution in [1.82, 2.24) is 0 Å². The van der Waals surface area contributed by atoms with Gasteiger partial charge in [-0.3, -0.25) is 4.79 Å². The van der Waals surface area contributed by atoms with Crippen molar-refractivity contribution >= 4 is 11.9 Å². The van der Waals surface area contributed by atoms with E-state index < -0.39 is 61.5 Å². The van der Waals surface area contributed by atoms with E-state index in [1.54, 1.807) is 19.1 Å². The number of aliphatic hydroxyl groups is 4. The van der Waals surface area contributed by atoms with Gasteiger partial charge >= 0.3 is 11.9 Å². The Hall–Kier alpha value is -3.00. The van der Waals surface area contributed by atoms with Crippen LogP contribution in [0.2, 0.25) is 0 Å². The van der Waals surface area contributed by atoms with Crippen LogP contribution in [0.4, 0.5) is 0 Å². The van der Waals surface area contributed by atoms with Crippen LogP contribution in [0.25, 0.3) is 0 Å². The molecular weight excluding hydrogens is 480 g/mol. The molecule has 12 nitrogen and oxygen atoms in total. The maximum Gasteiger partial charge on any atom is 0.335 e. The van der Waals surface area contributed by atoms with Crippen LogP contribution in [0, 0.1) is 5.92 Å². The summed E-state index contributed by atoms with van der Waals surface area (Å²) < 4.78 is 21.6. The Morgan fingerprint density at radius 3 is 2.53 bits per heavy atom. The Labute approximate surface area is 206 Å². The van der Waals surface area contributed by atoms with E-state index in [-0.39, 0.29) is 29.9 Å². The molecule has 0 bridgehead atoms. The van der Waals surface area contributed by atoms with E-state index in [9.17, 15) is 40.2 Å². The molecule has 2 heterocycles. The average Bonchev–Trinajstić information content (AvgIpc) is 2.84. The maximum absolute atomic E-state index is 12.6. The standard InChI is InChI=1S/C24H30O12/c1-2-14-15(9-18(27)33-7-6-12-4-3-5-13(26)8-12)16(22(31)32)11-34-23(14)36-24-21(30)20(29)19(28)17(10-25)35-24/h2-5,8,11,15,17,19-21,23-26,28-30H,6-7,9-10H2,1H3,(H,31,32)/b14-2+/t15-,17+,19+,20-,21+,23-,24-/m0/s1. The van der Waals surface area contributed by atoms with Crippen molar-refractivity contribution in [3.05, 3.63) is 53.3 Å². The summed E-state index contributed by atoms with van der Waals surface area (Å²) in [6, 6.07) is 6.47.